The van der Waals surface area contributed by atoms with Crippen molar-refractivity contribution in [3.8, 4) is 11.4 Å². The average Bonchev–Trinajstić information content (AvgIpc) is 3.15. The number of fused-ring (bicyclic) bond motifs is 2. The van der Waals surface area contributed by atoms with Crippen molar-refractivity contribution in [2.45, 2.75) is 25.9 Å². The number of nitrogens with one attached hydrogen (secondary N) is 2. The van der Waals surface area contributed by atoms with Crippen LogP contribution in [0.2, 0.25) is 0 Å². The minimum atomic E-state index is 0.331. The lowest BCUT2D eigenvalue weighted by Gasteiger charge is -2.36. The van der Waals surface area contributed by atoms with Crippen LogP contribution in [0.5, 0.6) is 0 Å². The zero-order chi connectivity index (χ0) is 17.5. The number of aromatic amines is 1. The van der Waals surface area contributed by atoms with Crippen molar-refractivity contribution in [3.05, 3.63) is 41.7 Å². The second-order valence-electron chi connectivity index (χ2n) is 7.12. The maximum absolute atomic E-state index is 5.63. The predicted molar refractivity (Wildman–Crippen MR) is 102 cm³/mol. The fourth-order valence-corrected chi connectivity index (χ4v) is 3.94. The van der Waals surface area contributed by atoms with Crippen LogP contribution in [-0.2, 0) is 17.7 Å². The van der Waals surface area contributed by atoms with E-state index >= 15 is 0 Å². The summed E-state index contributed by atoms with van der Waals surface area (Å²) in [6.45, 7) is 6.39. The third-order valence-electron chi connectivity index (χ3n) is 5.37. The molecule has 6 heteroatoms. The van der Waals surface area contributed by atoms with E-state index in [1.54, 1.807) is 0 Å². The van der Waals surface area contributed by atoms with Crippen molar-refractivity contribution < 1.29 is 4.74 Å². The molecule has 2 aliphatic rings. The molecule has 1 aromatic carbocycles. The van der Waals surface area contributed by atoms with Crippen LogP contribution in [0.1, 0.15) is 18.2 Å². The molecule has 134 valence electrons. The summed E-state index contributed by atoms with van der Waals surface area (Å²) in [6.07, 6.45) is 2.94. The SMILES string of the molecule is C[C@H]1COCCN1c1nc(-c2ccc3[nH]ccc3c2)nc2c1CCNC2. The maximum Gasteiger partial charge on any atom is 0.161 e. The number of anilines is 1. The molecule has 1 atom stereocenters. The Balaban J connectivity index is 1.64. The highest BCUT2D eigenvalue weighted by molar-refractivity contribution is 5.84. The Hall–Kier alpha value is -2.44. The van der Waals surface area contributed by atoms with Crippen LogP contribution in [0.15, 0.2) is 30.5 Å². The molecule has 6 nitrogen and oxygen atoms in total. The largest absolute Gasteiger partial charge is 0.377 e. The van der Waals surface area contributed by atoms with Crippen molar-refractivity contribution >= 4 is 16.7 Å². The Morgan fingerprint density at radius 3 is 3.12 bits per heavy atom. The number of ether oxygens (including phenoxy) is 1. The molecule has 2 aromatic heterocycles. The molecule has 0 amide bonds. The van der Waals surface area contributed by atoms with Gasteiger partial charge in [-0.25, -0.2) is 9.97 Å². The highest BCUT2D eigenvalue weighted by Crippen LogP contribution is 2.30. The number of H-pyrrole nitrogens is 1. The van der Waals surface area contributed by atoms with E-state index in [0.717, 1.165) is 67.7 Å². The predicted octanol–water partition coefficient (Wildman–Crippen LogP) is 2.50. The minimum Gasteiger partial charge on any atom is -0.377 e. The van der Waals surface area contributed by atoms with Crippen LogP contribution in [0.4, 0.5) is 5.82 Å². The number of morpholine rings is 1. The Labute approximate surface area is 152 Å². The van der Waals surface area contributed by atoms with Crippen LogP contribution >= 0.6 is 0 Å². The van der Waals surface area contributed by atoms with Crippen molar-refractivity contribution in [1.29, 1.82) is 0 Å². The first-order chi connectivity index (χ1) is 12.8. The lowest BCUT2D eigenvalue weighted by molar-refractivity contribution is 0.0984. The Bertz CT molecular complexity index is 951. The number of nitrogens with zero attached hydrogens (tertiary/aromatic N) is 3. The van der Waals surface area contributed by atoms with Gasteiger partial charge in [-0.15, -0.1) is 0 Å². The molecule has 4 heterocycles. The summed E-state index contributed by atoms with van der Waals surface area (Å²) in [4.78, 5) is 15.6. The van der Waals surface area contributed by atoms with Gasteiger partial charge in [-0.3, -0.25) is 0 Å². The van der Waals surface area contributed by atoms with E-state index in [0.29, 0.717) is 6.04 Å². The van der Waals surface area contributed by atoms with Gasteiger partial charge in [0.05, 0.1) is 24.9 Å². The first-order valence-corrected chi connectivity index (χ1v) is 9.32. The molecule has 0 spiro atoms. The molecular weight excluding hydrogens is 326 g/mol. The number of benzene rings is 1. The lowest BCUT2D eigenvalue weighted by Crippen LogP contribution is -2.45. The molecule has 0 bridgehead atoms. The fourth-order valence-electron chi connectivity index (χ4n) is 3.94. The number of hydrogen-bond acceptors (Lipinski definition) is 5. The standard InChI is InChI=1S/C20H23N5O/c1-13-12-26-9-8-25(13)20-16-5-6-21-11-18(16)23-19(24-20)15-2-3-17-14(10-15)4-7-22-17/h2-4,7,10,13,21-22H,5-6,8-9,11-12H2,1H3/t13-/m0/s1. The van der Waals surface area contributed by atoms with Crippen LogP contribution in [0, 0.1) is 0 Å². The molecule has 3 aromatic rings. The molecule has 2 aliphatic heterocycles. The summed E-state index contributed by atoms with van der Waals surface area (Å²) in [5.74, 6) is 1.90. The molecule has 5 rings (SSSR count). The van der Waals surface area contributed by atoms with Gasteiger partial charge >= 0.3 is 0 Å². The molecule has 0 saturated carbocycles. The third-order valence-corrected chi connectivity index (χ3v) is 5.37. The zero-order valence-corrected chi connectivity index (χ0v) is 15.0. The quantitative estimate of drug-likeness (QED) is 0.744. The van der Waals surface area contributed by atoms with Gasteiger partial charge in [0.1, 0.15) is 5.82 Å². The third kappa shape index (κ3) is 2.66. The molecule has 2 N–H and O–H groups in total. The van der Waals surface area contributed by atoms with Gasteiger partial charge in [0.25, 0.3) is 0 Å². The van der Waals surface area contributed by atoms with Crippen molar-refractivity contribution in [2.24, 2.45) is 0 Å². The Morgan fingerprint density at radius 1 is 1.23 bits per heavy atom. The van der Waals surface area contributed by atoms with E-state index in [-0.39, 0.29) is 0 Å². The van der Waals surface area contributed by atoms with Crippen LogP contribution in [-0.4, -0.2) is 47.3 Å². The smallest absolute Gasteiger partial charge is 0.161 e. The van der Waals surface area contributed by atoms with E-state index in [1.807, 2.05) is 6.20 Å². The van der Waals surface area contributed by atoms with Crippen LogP contribution in [0.25, 0.3) is 22.3 Å². The zero-order valence-electron chi connectivity index (χ0n) is 15.0. The van der Waals surface area contributed by atoms with Gasteiger partial charge in [0.15, 0.2) is 5.82 Å². The highest BCUT2D eigenvalue weighted by atomic mass is 16.5. The van der Waals surface area contributed by atoms with Gasteiger partial charge in [0, 0.05) is 41.3 Å². The van der Waals surface area contributed by atoms with Crippen molar-refractivity contribution in [3.63, 3.8) is 0 Å². The van der Waals surface area contributed by atoms with E-state index in [4.69, 9.17) is 14.7 Å². The van der Waals surface area contributed by atoms with Crippen molar-refractivity contribution in [1.82, 2.24) is 20.3 Å². The number of rotatable bonds is 2. The lowest BCUT2D eigenvalue weighted by atomic mass is 10.0. The second-order valence-corrected chi connectivity index (χ2v) is 7.12. The molecule has 1 saturated heterocycles. The van der Waals surface area contributed by atoms with E-state index in [9.17, 15) is 0 Å². The molecule has 1 fully saturated rings. The van der Waals surface area contributed by atoms with E-state index < -0.39 is 0 Å². The summed E-state index contributed by atoms with van der Waals surface area (Å²) >= 11 is 0. The maximum atomic E-state index is 5.63. The molecule has 0 aliphatic carbocycles. The van der Waals surface area contributed by atoms with Gasteiger partial charge in [-0.2, -0.15) is 0 Å². The normalized spacial score (nSPS) is 20.3. The molecule has 0 radical (unpaired) electrons. The van der Waals surface area contributed by atoms with E-state index in [2.05, 4.69) is 46.4 Å². The molecular formula is C20H23N5O. The fraction of sp³-hybridized carbons (Fsp3) is 0.400. The van der Waals surface area contributed by atoms with Gasteiger partial charge in [0.2, 0.25) is 0 Å². The molecule has 0 unspecified atom stereocenters. The summed E-state index contributed by atoms with van der Waals surface area (Å²) in [7, 11) is 0. The second kappa shape index (κ2) is 6.37. The Morgan fingerprint density at radius 2 is 2.19 bits per heavy atom. The Kier molecular flexibility index (Phi) is 3.87. The topological polar surface area (TPSA) is 66.1 Å². The van der Waals surface area contributed by atoms with E-state index in [1.165, 1.54) is 10.9 Å². The van der Waals surface area contributed by atoms with Gasteiger partial charge in [-0.05, 0) is 44.2 Å². The summed E-state index contributed by atoms with van der Waals surface area (Å²) in [5, 5.41) is 4.63. The van der Waals surface area contributed by atoms with Crippen LogP contribution < -0.4 is 10.2 Å². The molecule has 26 heavy (non-hydrogen) atoms. The number of hydrogen-bond donors (Lipinski definition) is 2. The minimum absolute atomic E-state index is 0.331. The van der Waals surface area contributed by atoms with Gasteiger partial charge in [-0.1, -0.05) is 0 Å². The summed E-state index contributed by atoms with van der Waals surface area (Å²) in [6, 6.07) is 8.78. The highest BCUT2D eigenvalue weighted by Gasteiger charge is 2.27. The average molecular weight is 349 g/mol. The number of aromatic nitrogens is 3. The monoisotopic (exact) mass is 349 g/mol. The van der Waals surface area contributed by atoms with Gasteiger partial charge < -0.3 is 19.9 Å². The van der Waals surface area contributed by atoms with Crippen molar-refractivity contribution in [2.75, 3.05) is 31.2 Å². The first kappa shape index (κ1) is 15.8. The first-order valence-electron chi connectivity index (χ1n) is 9.32. The summed E-state index contributed by atoms with van der Waals surface area (Å²) in [5.41, 5.74) is 4.62. The summed E-state index contributed by atoms with van der Waals surface area (Å²) < 4.78 is 5.63. The van der Waals surface area contributed by atoms with Crippen LogP contribution in [0.3, 0.4) is 0 Å².